The van der Waals surface area contributed by atoms with E-state index in [1.807, 2.05) is 0 Å². The predicted molar refractivity (Wildman–Crippen MR) is 88.4 cm³/mol. The van der Waals surface area contributed by atoms with Gasteiger partial charge in [0.2, 0.25) is 0 Å². The molecule has 2 aliphatic carbocycles. The van der Waals surface area contributed by atoms with Crippen molar-refractivity contribution >= 4 is 0 Å². The second-order valence-electron chi connectivity index (χ2n) is 8.48. The first-order chi connectivity index (χ1) is 10.3. The summed E-state index contributed by atoms with van der Waals surface area (Å²) in [5.41, 5.74) is 0. The highest BCUT2D eigenvalue weighted by molar-refractivity contribution is 4.92. The van der Waals surface area contributed by atoms with E-state index in [4.69, 9.17) is 0 Å². The van der Waals surface area contributed by atoms with Crippen LogP contribution < -0.4 is 0 Å². The lowest BCUT2D eigenvalue weighted by atomic mass is 10.0. The average molecular weight is 290 g/mol. The fourth-order valence-corrected chi connectivity index (χ4v) is 6.01. The Kier molecular flexibility index (Phi) is 4.28. The van der Waals surface area contributed by atoms with Crippen LogP contribution in [0.25, 0.3) is 0 Å². The first-order valence-corrected chi connectivity index (χ1v) is 9.79. The number of nitrogens with zero attached hydrogens (tertiary/aromatic N) is 2. The SMILES string of the molecule is CC(CCCN1CCC2CCCC21)N1CC2CCCC2C1. The summed E-state index contributed by atoms with van der Waals surface area (Å²) in [5.74, 6) is 3.19. The fourth-order valence-electron chi connectivity index (χ4n) is 6.01. The molecule has 2 heterocycles. The van der Waals surface area contributed by atoms with Crippen molar-refractivity contribution in [3.63, 3.8) is 0 Å². The summed E-state index contributed by atoms with van der Waals surface area (Å²) in [6, 6.07) is 1.81. The van der Waals surface area contributed by atoms with Gasteiger partial charge < -0.3 is 9.80 Å². The van der Waals surface area contributed by atoms with Crippen molar-refractivity contribution in [3.05, 3.63) is 0 Å². The van der Waals surface area contributed by atoms with Crippen LogP contribution in [-0.2, 0) is 0 Å². The third-order valence-electron chi connectivity index (χ3n) is 7.32. The molecule has 5 atom stereocenters. The second-order valence-corrected chi connectivity index (χ2v) is 8.48. The summed E-state index contributed by atoms with van der Waals surface area (Å²) in [6.45, 7) is 8.10. The third-order valence-corrected chi connectivity index (χ3v) is 7.32. The monoisotopic (exact) mass is 290 g/mol. The molecule has 0 aromatic rings. The van der Waals surface area contributed by atoms with Crippen LogP contribution in [0.2, 0.25) is 0 Å². The van der Waals surface area contributed by atoms with Crippen LogP contribution in [0.15, 0.2) is 0 Å². The van der Waals surface area contributed by atoms with Crippen molar-refractivity contribution in [1.82, 2.24) is 9.80 Å². The Morgan fingerprint density at radius 2 is 1.62 bits per heavy atom. The molecule has 0 aromatic carbocycles. The highest BCUT2D eigenvalue weighted by Crippen LogP contribution is 2.39. The molecule has 0 N–H and O–H groups in total. The Balaban J connectivity index is 1.19. The molecule has 2 saturated heterocycles. The second kappa shape index (κ2) is 6.20. The average Bonchev–Trinajstić information content (AvgIpc) is 3.19. The maximum Gasteiger partial charge on any atom is 0.0124 e. The number of likely N-dealkylation sites (tertiary alicyclic amines) is 2. The first kappa shape index (κ1) is 14.5. The maximum absolute atomic E-state index is 2.84. The molecular weight excluding hydrogens is 256 g/mol. The Labute approximate surface area is 131 Å². The predicted octanol–water partition coefficient (Wildman–Crippen LogP) is 3.76. The molecule has 120 valence electrons. The Bertz CT molecular complexity index is 343. The van der Waals surface area contributed by atoms with Crippen molar-refractivity contribution in [3.8, 4) is 0 Å². The van der Waals surface area contributed by atoms with Gasteiger partial charge in [0.1, 0.15) is 0 Å². The number of hydrogen-bond donors (Lipinski definition) is 0. The van der Waals surface area contributed by atoms with E-state index >= 15 is 0 Å². The van der Waals surface area contributed by atoms with Crippen molar-refractivity contribution in [1.29, 1.82) is 0 Å². The smallest absolute Gasteiger partial charge is 0.0124 e. The third kappa shape index (κ3) is 2.91. The van der Waals surface area contributed by atoms with Crippen molar-refractivity contribution in [2.24, 2.45) is 17.8 Å². The lowest BCUT2D eigenvalue weighted by Crippen LogP contribution is -2.34. The van der Waals surface area contributed by atoms with E-state index in [-0.39, 0.29) is 0 Å². The van der Waals surface area contributed by atoms with Gasteiger partial charge in [-0.2, -0.15) is 0 Å². The van der Waals surface area contributed by atoms with Gasteiger partial charge in [-0.15, -0.1) is 0 Å². The zero-order valence-corrected chi connectivity index (χ0v) is 14.0. The van der Waals surface area contributed by atoms with Gasteiger partial charge in [-0.25, -0.2) is 0 Å². The van der Waals surface area contributed by atoms with Crippen LogP contribution in [-0.4, -0.2) is 48.1 Å². The fraction of sp³-hybridized carbons (Fsp3) is 1.00. The largest absolute Gasteiger partial charge is 0.300 e. The molecule has 4 rings (SSSR count). The minimum absolute atomic E-state index is 0.831. The molecule has 2 saturated carbocycles. The molecule has 0 amide bonds. The van der Waals surface area contributed by atoms with Gasteiger partial charge in [0.15, 0.2) is 0 Å². The quantitative estimate of drug-likeness (QED) is 0.760. The van der Waals surface area contributed by atoms with E-state index in [9.17, 15) is 0 Å². The molecule has 4 aliphatic rings. The molecule has 4 fully saturated rings. The summed E-state index contributed by atoms with van der Waals surface area (Å²) in [7, 11) is 0. The van der Waals surface area contributed by atoms with Crippen LogP contribution in [0.4, 0.5) is 0 Å². The number of hydrogen-bond acceptors (Lipinski definition) is 2. The first-order valence-electron chi connectivity index (χ1n) is 9.79. The molecule has 0 aromatic heterocycles. The molecular formula is C19H34N2. The van der Waals surface area contributed by atoms with Crippen molar-refractivity contribution < 1.29 is 0 Å². The lowest BCUT2D eigenvalue weighted by molar-refractivity contribution is 0.199. The van der Waals surface area contributed by atoms with Gasteiger partial charge in [-0.3, -0.25) is 0 Å². The van der Waals surface area contributed by atoms with Crippen molar-refractivity contribution in [2.45, 2.75) is 76.8 Å². The molecule has 2 heteroatoms. The maximum atomic E-state index is 2.84. The Morgan fingerprint density at radius 1 is 0.905 bits per heavy atom. The van der Waals surface area contributed by atoms with E-state index in [0.29, 0.717) is 0 Å². The topological polar surface area (TPSA) is 6.48 Å². The van der Waals surface area contributed by atoms with Gasteiger partial charge in [-0.05, 0) is 82.7 Å². The summed E-state index contributed by atoms with van der Waals surface area (Å²) in [6.07, 6.45) is 13.4. The minimum Gasteiger partial charge on any atom is -0.300 e. The van der Waals surface area contributed by atoms with E-state index in [1.54, 1.807) is 0 Å². The summed E-state index contributed by atoms with van der Waals surface area (Å²) >= 11 is 0. The van der Waals surface area contributed by atoms with Crippen molar-refractivity contribution in [2.75, 3.05) is 26.2 Å². The molecule has 0 bridgehead atoms. The molecule has 0 radical (unpaired) electrons. The molecule has 0 spiro atoms. The Hall–Kier alpha value is -0.0800. The van der Waals surface area contributed by atoms with E-state index in [1.165, 1.54) is 84.0 Å². The Morgan fingerprint density at radius 3 is 2.43 bits per heavy atom. The van der Waals surface area contributed by atoms with Crippen LogP contribution >= 0.6 is 0 Å². The summed E-state index contributed by atoms with van der Waals surface area (Å²) in [5, 5.41) is 0. The van der Waals surface area contributed by atoms with Crippen LogP contribution in [0.3, 0.4) is 0 Å². The number of fused-ring (bicyclic) bond motifs is 2. The standard InChI is InChI=1S/C19H34N2/c1-15(21-13-17-7-2-8-18(17)14-21)5-4-11-20-12-10-16-6-3-9-19(16)20/h15-19H,2-14H2,1H3. The minimum atomic E-state index is 0.831. The molecule has 5 unspecified atom stereocenters. The lowest BCUT2D eigenvalue weighted by Gasteiger charge is -2.27. The molecule has 2 aliphatic heterocycles. The summed E-state index contributed by atoms with van der Waals surface area (Å²) < 4.78 is 0. The van der Waals surface area contributed by atoms with Gasteiger partial charge in [0.25, 0.3) is 0 Å². The summed E-state index contributed by atoms with van der Waals surface area (Å²) in [4.78, 5) is 5.65. The van der Waals surface area contributed by atoms with Gasteiger partial charge in [-0.1, -0.05) is 12.8 Å². The van der Waals surface area contributed by atoms with E-state index < -0.39 is 0 Å². The zero-order chi connectivity index (χ0) is 14.2. The van der Waals surface area contributed by atoms with E-state index in [2.05, 4.69) is 16.7 Å². The zero-order valence-electron chi connectivity index (χ0n) is 14.0. The van der Waals surface area contributed by atoms with Crippen LogP contribution in [0, 0.1) is 17.8 Å². The van der Waals surface area contributed by atoms with Crippen LogP contribution in [0.1, 0.15) is 64.7 Å². The normalized spacial score (nSPS) is 41.6. The highest BCUT2D eigenvalue weighted by Gasteiger charge is 2.38. The molecule has 21 heavy (non-hydrogen) atoms. The van der Waals surface area contributed by atoms with Gasteiger partial charge in [0.05, 0.1) is 0 Å². The van der Waals surface area contributed by atoms with Crippen LogP contribution in [0.5, 0.6) is 0 Å². The van der Waals surface area contributed by atoms with Gasteiger partial charge >= 0.3 is 0 Å². The molecule has 2 nitrogen and oxygen atoms in total. The van der Waals surface area contributed by atoms with Gasteiger partial charge in [0, 0.05) is 25.2 Å². The van der Waals surface area contributed by atoms with E-state index in [0.717, 1.165) is 29.8 Å². The highest BCUT2D eigenvalue weighted by atomic mass is 15.2. The number of rotatable bonds is 5.